The van der Waals surface area contributed by atoms with E-state index in [1.54, 1.807) is 0 Å². The van der Waals surface area contributed by atoms with E-state index in [4.69, 9.17) is 0 Å². The summed E-state index contributed by atoms with van der Waals surface area (Å²) < 4.78 is 40.0. The maximum absolute atomic E-state index is 12.1. The van der Waals surface area contributed by atoms with E-state index in [-0.39, 0.29) is 18.1 Å². The topological polar surface area (TPSA) is 105 Å². The molecular weight excluding hydrogens is 353 g/mol. The Bertz CT molecular complexity index is 894. The van der Waals surface area contributed by atoms with Crippen LogP contribution in [0.25, 0.3) is 11.2 Å². The van der Waals surface area contributed by atoms with E-state index < -0.39 is 6.36 Å². The Morgan fingerprint density at radius 1 is 1.15 bits per heavy atom. The van der Waals surface area contributed by atoms with Gasteiger partial charge in [0, 0.05) is 18.7 Å². The number of rotatable bonds is 6. The summed E-state index contributed by atoms with van der Waals surface area (Å²) in [6.07, 6.45) is -1.78. The minimum atomic E-state index is -4.75. The van der Waals surface area contributed by atoms with Crippen LogP contribution in [0, 0.1) is 0 Å². The third kappa shape index (κ3) is 4.59. The molecule has 26 heavy (non-hydrogen) atoms. The van der Waals surface area contributed by atoms with Gasteiger partial charge in [0.1, 0.15) is 17.6 Å². The van der Waals surface area contributed by atoms with Gasteiger partial charge in [-0.2, -0.15) is 0 Å². The maximum Gasteiger partial charge on any atom is 0.573 e. The van der Waals surface area contributed by atoms with Gasteiger partial charge in [0.2, 0.25) is 5.91 Å². The standard InChI is InChI=1S/C15H13F3N6O2/c16-15(17,18)26-10-3-1-9(2-4-10)24-11(25)5-6-19-13-12-14(21-7-20-12)23-8-22-13/h1-4,7-8H,5-6H2,(H,24,25)(H2,19,20,21,22,23). The van der Waals surface area contributed by atoms with E-state index in [1.807, 2.05) is 0 Å². The van der Waals surface area contributed by atoms with Crippen molar-refractivity contribution in [3.63, 3.8) is 0 Å². The van der Waals surface area contributed by atoms with Crippen molar-refractivity contribution >= 4 is 28.6 Å². The number of aromatic nitrogens is 4. The molecule has 0 saturated carbocycles. The summed E-state index contributed by atoms with van der Waals surface area (Å²) in [6, 6.07) is 4.89. The summed E-state index contributed by atoms with van der Waals surface area (Å²) in [4.78, 5) is 26.9. The molecule has 8 nitrogen and oxygen atoms in total. The van der Waals surface area contributed by atoms with E-state index in [1.165, 1.54) is 24.8 Å². The molecule has 0 spiro atoms. The summed E-state index contributed by atoms with van der Waals surface area (Å²) in [5.74, 6) is -0.143. The SMILES string of the molecule is O=C(CCNc1ncnc2nc[nH]c12)Nc1ccc(OC(F)(F)F)cc1. The number of fused-ring (bicyclic) bond motifs is 1. The third-order valence-electron chi connectivity index (χ3n) is 3.24. The predicted molar refractivity (Wildman–Crippen MR) is 86.5 cm³/mol. The molecule has 11 heteroatoms. The van der Waals surface area contributed by atoms with Crippen LogP contribution in [-0.2, 0) is 4.79 Å². The van der Waals surface area contributed by atoms with E-state index in [0.29, 0.717) is 29.2 Å². The van der Waals surface area contributed by atoms with Crippen LogP contribution in [0.15, 0.2) is 36.9 Å². The number of ether oxygens (including phenoxy) is 1. The fraction of sp³-hybridized carbons (Fsp3) is 0.200. The predicted octanol–water partition coefficient (Wildman–Crippen LogP) is 2.69. The molecule has 0 aliphatic heterocycles. The number of hydrogen-bond donors (Lipinski definition) is 3. The number of hydrogen-bond acceptors (Lipinski definition) is 6. The summed E-state index contributed by atoms with van der Waals surface area (Å²) in [6.45, 7) is 0.298. The van der Waals surface area contributed by atoms with Crippen molar-refractivity contribution in [2.24, 2.45) is 0 Å². The fourth-order valence-corrected chi connectivity index (χ4v) is 2.16. The monoisotopic (exact) mass is 366 g/mol. The van der Waals surface area contributed by atoms with Crippen LogP contribution in [-0.4, -0.2) is 38.8 Å². The lowest BCUT2D eigenvalue weighted by Crippen LogP contribution is -2.18. The number of nitrogens with zero attached hydrogens (tertiary/aromatic N) is 3. The van der Waals surface area contributed by atoms with Gasteiger partial charge in [-0.15, -0.1) is 13.2 Å². The molecular formula is C15H13F3N6O2. The number of H-pyrrole nitrogens is 1. The number of halogens is 3. The van der Waals surface area contributed by atoms with Gasteiger partial charge in [-0.1, -0.05) is 0 Å². The molecule has 0 atom stereocenters. The zero-order valence-corrected chi connectivity index (χ0v) is 13.2. The first-order valence-electron chi connectivity index (χ1n) is 7.44. The van der Waals surface area contributed by atoms with Gasteiger partial charge < -0.3 is 20.4 Å². The Morgan fingerprint density at radius 3 is 2.65 bits per heavy atom. The normalized spacial score (nSPS) is 11.3. The maximum atomic E-state index is 12.1. The van der Waals surface area contributed by atoms with Crippen molar-refractivity contribution in [2.75, 3.05) is 17.2 Å². The van der Waals surface area contributed by atoms with Crippen molar-refractivity contribution in [3.05, 3.63) is 36.9 Å². The van der Waals surface area contributed by atoms with Gasteiger partial charge >= 0.3 is 6.36 Å². The summed E-state index contributed by atoms with van der Waals surface area (Å²) in [5.41, 5.74) is 1.50. The highest BCUT2D eigenvalue weighted by molar-refractivity contribution is 5.91. The lowest BCUT2D eigenvalue weighted by Gasteiger charge is -2.10. The average Bonchev–Trinajstić information content (AvgIpc) is 3.05. The zero-order chi connectivity index (χ0) is 18.6. The van der Waals surface area contributed by atoms with Crippen LogP contribution in [0.4, 0.5) is 24.7 Å². The highest BCUT2D eigenvalue weighted by Crippen LogP contribution is 2.24. The molecule has 0 unspecified atom stereocenters. The molecule has 0 radical (unpaired) electrons. The second-order valence-corrected chi connectivity index (χ2v) is 5.12. The zero-order valence-electron chi connectivity index (χ0n) is 13.2. The highest BCUT2D eigenvalue weighted by Gasteiger charge is 2.30. The van der Waals surface area contributed by atoms with E-state index in [9.17, 15) is 18.0 Å². The molecule has 2 aromatic heterocycles. The number of imidazole rings is 1. The van der Waals surface area contributed by atoms with Crippen molar-refractivity contribution in [1.29, 1.82) is 0 Å². The Morgan fingerprint density at radius 2 is 1.92 bits per heavy atom. The number of carbonyl (C=O) groups is 1. The largest absolute Gasteiger partial charge is 0.573 e. The summed E-state index contributed by atoms with van der Waals surface area (Å²) >= 11 is 0. The molecule has 1 aromatic carbocycles. The molecule has 0 fully saturated rings. The van der Waals surface area contributed by atoms with Crippen LogP contribution in [0.5, 0.6) is 5.75 Å². The van der Waals surface area contributed by atoms with E-state index in [2.05, 4.69) is 35.3 Å². The van der Waals surface area contributed by atoms with Gasteiger partial charge in [-0.3, -0.25) is 4.79 Å². The summed E-state index contributed by atoms with van der Waals surface area (Å²) in [5, 5.41) is 5.58. The molecule has 0 saturated heterocycles. The van der Waals surface area contributed by atoms with Crippen LogP contribution >= 0.6 is 0 Å². The van der Waals surface area contributed by atoms with Crippen LogP contribution < -0.4 is 15.4 Å². The van der Waals surface area contributed by atoms with Gasteiger partial charge in [0.15, 0.2) is 11.5 Å². The van der Waals surface area contributed by atoms with E-state index >= 15 is 0 Å². The lowest BCUT2D eigenvalue weighted by molar-refractivity contribution is -0.274. The molecule has 3 aromatic rings. The smallest absolute Gasteiger partial charge is 0.406 e. The lowest BCUT2D eigenvalue weighted by atomic mass is 10.3. The number of nitrogens with one attached hydrogen (secondary N) is 3. The number of alkyl halides is 3. The molecule has 0 bridgehead atoms. The molecule has 136 valence electrons. The van der Waals surface area contributed by atoms with Gasteiger partial charge in [-0.05, 0) is 24.3 Å². The number of benzene rings is 1. The number of aromatic amines is 1. The molecule has 0 aliphatic rings. The Balaban J connectivity index is 1.49. The number of anilines is 2. The van der Waals surface area contributed by atoms with Gasteiger partial charge in [0.25, 0.3) is 0 Å². The third-order valence-corrected chi connectivity index (χ3v) is 3.24. The van der Waals surface area contributed by atoms with Crippen LogP contribution in [0.1, 0.15) is 6.42 Å². The van der Waals surface area contributed by atoms with Crippen LogP contribution in [0.3, 0.4) is 0 Å². The van der Waals surface area contributed by atoms with Gasteiger partial charge in [0.05, 0.1) is 6.33 Å². The quantitative estimate of drug-likeness (QED) is 0.620. The second-order valence-electron chi connectivity index (χ2n) is 5.12. The van der Waals surface area contributed by atoms with Crippen LogP contribution in [0.2, 0.25) is 0 Å². The van der Waals surface area contributed by atoms with Gasteiger partial charge in [-0.25, -0.2) is 15.0 Å². The molecule has 1 amide bonds. The number of amides is 1. The fourth-order valence-electron chi connectivity index (χ4n) is 2.16. The number of carbonyl (C=O) groups excluding carboxylic acids is 1. The summed E-state index contributed by atoms with van der Waals surface area (Å²) in [7, 11) is 0. The minimum absolute atomic E-state index is 0.125. The first-order valence-corrected chi connectivity index (χ1v) is 7.44. The minimum Gasteiger partial charge on any atom is -0.406 e. The molecule has 0 aliphatic carbocycles. The van der Waals surface area contributed by atoms with E-state index in [0.717, 1.165) is 12.1 Å². The van der Waals surface area contributed by atoms with Crippen molar-refractivity contribution in [1.82, 2.24) is 19.9 Å². The Labute approximate surface area is 144 Å². The second kappa shape index (κ2) is 7.25. The van der Waals surface area contributed by atoms with Crippen molar-refractivity contribution < 1.29 is 22.7 Å². The average molecular weight is 366 g/mol. The molecule has 3 rings (SSSR count). The molecule has 2 heterocycles. The van der Waals surface area contributed by atoms with Crippen molar-refractivity contribution in [3.8, 4) is 5.75 Å². The molecule has 3 N–H and O–H groups in total. The van der Waals surface area contributed by atoms with Crippen molar-refractivity contribution in [2.45, 2.75) is 12.8 Å². The first-order chi connectivity index (χ1) is 12.4. The Hall–Kier alpha value is -3.37. The first kappa shape index (κ1) is 17.5. The Kier molecular flexibility index (Phi) is 4.87. The highest BCUT2D eigenvalue weighted by atomic mass is 19.4.